The van der Waals surface area contributed by atoms with Crippen LogP contribution in [0.2, 0.25) is 5.02 Å². The van der Waals surface area contributed by atoms with Crippen LogP contribution < -0.4 is 5.32 Å². The molecule has 1 aliphatic heterocycles. The summed E-state index contributed by atoms with van der Waals surface area (Å²) in [6, 6.07) is 7.58. The summed E-state index contributed by atoms with van der Waals surface area (Å²) in [5.74, 6) is 0.191. The molecule has 2 heterocycles. The van der Waals surface area contributed by atoms with Gasteiger partial charge in [-0.2, -0.15) is 5.10 Å². The van der Waals surface area contributed by atoms with Crippen molar-refractivity contribution in [2.45, 2.75) is 32.6 Å². The molecule has 1 aliphatic rings. The van der Waals surface area contributed by atoms with E-state index in [0.717, 1.165) is 35.5 Å². The van der Waals surface area contributed by atoms with Crippen molar-refractivity contribution >= 4 is 23.4 Å². The highest BCUT2D eigenvalue weighted by Crippen LogP contribution is 2.44. The van der Waals surface area contributed by atoms with Crippen LogP contribution in [0, 0.1) is 0 Å². The third-order valence-electron chi connectivity index (χ3n) is 4.08. The van der Waals surface area contributed by atoms with Crippen LogP contribution in [0.4, 0.5) is 5.82 Å². The molecular formula is C18H20ClN3O2. The zero-order valence-corrected chi connectivity index (χ0v) is 14.5. The number of nitrogens with one attached hydrogen (secondary N) is 2. The number of nitrogens with zero attached hydrogens (tertiary/aromatic N) is 1. The molecule has 0 amide bonds. The number of allylic oxidation sites excluding steroid dienone is 1. The van der Waals surface area contributed by atoms with Gasteiger partial charge in [0.25, 0.3) is 0 Å². The lowest BCUT2D eigenvalue weighted by atomic mass is 9.82. The smallest absolute Gasteiger partial charge is 0.336 e. The first-order valence-corrected chi connectivity index (χ1v) is 8.50. The first kappa shape index (κ1) is 16.6. The number of aromatic amines is 1. The maximum Gasteiger partial charge on any atom is 0.336 e. The number of ether oxygens (including phenoxy) is 1. The zero-order valence-electron chi connectivity index (χ0n) is 13.7. The molecule has 2 aromatic rings. The highest BCUT2D eigenvalue weighted by atomic mass is 35.5. The molecule has 126 valence electrons. The number of H-pyrrole nitrogens is 1. The predicted octanol–water partition coefficient (Wildman–Crippen LogP) is 4.24. The van der Waals surface area contributed by atoms with Crippen molar-refractivity contribution in [2.75, 3.05) is 11.9 Å². The topological polar surface area (TPSA) is 67.0 Å². The Kier molecular flexibility index (Phi) is 4.90. The highest BCUT2D eigenvalue weighted by Gasteiger charge is 2.36. The number of hydrogen-bond donors (Lipinski definition) is 2. The van der Waals surface area contributed by atoms with Gasteiger partial charge in [-0.05, 0) is 25.0 Å². The third-order valence-corrected chi connectivity index (χ3v) is 4.43. The van der Waals surface area contributed by atoms with Gasteiger partial charge in [-0.25, -0.2) is 4.79 Å². The molecule has 0 saturated carbocycles. The van der Waals surface area contributed by atoms with E-state index < -0.39 is 0 Å². The number of fused-ring (bicyclic) bond motifs is 1. The Morgan fingerprint density at radius 2 is 2.08 bits per heavy atom. The van der Waals surface area contributed by atoms with Crippen molar-refractivity contribution < 1.29 is 9.53 Å². The average molecular weight is 346 g/mol. The normalized spacial score (nSPS) is 16.5. The lowest BCUT2D eigenvalue weighted by Crippen LogP contribution is -2.25. The number of hydrogen-bond acceptors (Lipinski definition) is 4. The Morgan fingerprint density at radius 1 is 1.29 bits per heavy atom. The van der Waals surface area contributed by atoms with Crippen LogP contribution in [0.5, 0.6) is 0 Å². The molecular weight excluding hydrogens is 326 g/mol. The number of benzene rings is 1. The summed E-state index contributed by atoms with van der Waals surface area (Å²) in [6.45, 7) is 4.21. The second kappa shape index (κ2) is 7.09. The maximum absolute atomic E-state index is 12.7. The Bertz CT molecular complexity index is 782. The first-order valence-electron chi connectivity index (χ1n) is 8.12. The number of aromatic nitrogens is 2. The SMILES string of the molecule is CCCC1=C(C(=O)OCC)C(c2ccccc2Cl)c2cn[nH]c2N1. The number of esters is 1. The van der Waals surface area contributed by atoms with Crippen molar-refractivity contribution in [1.82, 2.24) is 10.2 Å². The molecule has 0 radical (unpaired) electrons. The minimum atomic E-state index is -0.315. The monoisotopic (exact) mass is 345 g/mol. The predicted molar refractivity (Wildman–Crippen MR) is 94.1 cm³/mol. The summed E-state index contributed by atoms with van der Waals surface area (Å²) >= 11 is 6.44. The van der Waals surface area contributed by atoms with Crippen LogP contribution in [-0.2, 0) is 9.53 Å². The average Bonchev–Trinajstić information content (AvgIpc) is 3.03. The molecule has 0 fully saturated rings. The van der Waals surface area contributed by atoms with Gasteiger partial charge in [0, 0.05) is 22.2 Å². The largest absolute Gasteiger partial charge is 0.463 e. The van der Waals surface area contributed by atoms with Crippen LogP contribution in [-0.4, -0.2) is 22.8 Å². The molecule has 0 saturated heterocycles. The minimum Gasteiger partial charge on any atom is -0.463 e. The molecule has 1 atom stereocenters. The highest BCUT2D eigenvalue weighted by molar-refractivity contribution is 6.31. The van der Waals surface area contributed by atoms with E-state index in [1.54, 1.807) is 6.20 Å². The lowest BCUT2D eigenvalue weighted by molar-refractivity contribution is -0.138. The van der Waals surface area contributed by atoms with E-state index in [-0.39, 0.29) is 11.9 Å². The summed E-state index contributed by atoms with van der Waals surface area (Å²) in [7, 11) is 0. The molecule has 24 heavy (non-hydrogen) atoms. The molecule has 1 aromatic carbocycles. The third kappa shape index (κ3) is 2.91. The van der Waals surface area contributed by atoms with E-state index in [9.17, 15) is 4.79 Å². The summed E-state index contributed by atoms with van der Waals surface area (Å²) in [5, 5.41) is 11.0. The molecule has 1 unspecified atom stereocenters. The van der Waals surface area contributed by atoms with Crippen LogP contribution >= 0.6 is 11.6 Å². The summed E-state index contributed by atoms with van der Waals surface area (Å²) in [6.07, 6.45) is 3.38. The summed E-state index contributed by atoms with van der Waals surface area (Å²) in [5.41, 5.74) is 3.24. The van der Waals surface area contributed by atoms with Crippen molar-refractivity contribution in [2.24, 2.45) is 0 Å². The molecule has 0 spiro atoms. The van der Waals surface area contributed by atoms with Gasteiger partial charge >= 0.3 is 5.97 Å². The van der Waals surface area contributed by atoms with Crippen LogP contribution in [0.1, 0.15) is 43.7 Å². The van der Waals surface area contributed by atoms with E-state index in [1.807, 2.05) is 31.2 Å². The molecule has 2 N–H and O–H groups in total. The van der Waals surface area contributed by atoms with E-state index in [2.05, 4.69) is 22.4 Å². The van der Waals surface area contributed by atoms with Gasteiger partial charge in [0.05, 0.1) is 18.4 Å². The fourth-order valence-electron chi connectivity index (χ4n) is 3.09. The quantitative estimate of drug-likeness (QED) is 0.795. The van der Waals surface area contributed by atoms with Crippen molar-refractivity contribution in [1.29, 1.82) is 0 Å². The number of halogens is 1. The number of anilines is 1. The Morgan fingerprint density at radius 3 is 2.79 bits per heavy atom. The molecule has 1 aromatic heterocycles. The van der Waals surface area contributed by atoms with Gasteiger partial charge in [-0.15, -0.1) is 0 Å². The van der Waals surface area contributed by atoms with Crippen molar-refractivity contribution in [3.05, 3.63) is 57.9 Å². The van der Waals surface area contributed by atoms with Gasteiger partial charge in [0.1, 0.15) is 5.82 Å². The standard InChI is InChI=1S/C18H20ClN3O2/c1-3-7-14-16(18(23)24-4-2)15(11-8-5-6-9-13(11)19)12-10-20-22-17(12)21-14/h5-6,8-10,15H,3-4,7H2,1-2H3,(H2,20,21,22). The Balaban J connectivity index is 2.20. The van der Waals surface area contributed by atoms with E-state index in [1.165, 1.54) is 0 Å². The van der Waals surface area contributed by atoms with Crippen molar-refractivity contribution in [3.63, 3.8) is 0 Å². The fourth-order valence-corrected chi connectivity index (χ4v) is 3.34. The maximum atomic E-state index is 12.7. The number of carbonyl (C=O) groups is 1. The Hall–Kier alpha value is -2.27. The van der Waals surface area contributed by atoms with Crippen LogP contribution in [0.25, 0.3) is 0 Å². The van der Waals surface area contributed by atoms with Gasteiger partial charge in [0.2, 0.25) is 0 Å². The second-order valence-corrected chi connectivity index (χ2v) is 6.05. The molecule has 6 heteroatoms. The number of rotatable bonds is 5. The fraction of sp³-hybridized carbons (Fsp3) is 0.333. The molecule has 0 bridgehead atoms. The van der Waals surface area contributed by atoms with Gasteiger partial charge in [-0.1, -0.05) is 43.1 Å². The zero-order chi connectivity index (χ0) is 17.1. The van der Waals surface area contributed by atoms with Gasteiger partial charge < -0.3 is 10.1 Å². The van der Waals surface area contributed by atoms with E-state index >= 15 is 0 Å². The van der Waals surface area contributed by atoms with Crippen LogP contribution in [0.15, 0.2) is 41.7 Å². The van der Waals surface area contributed by atoms with Crippen LogP contribution in [0.3, 0.4) is 0 Å². The number of carbonyl (C=O) groups excluding carboxylic acids is 1. The summed E-state index contributed by atoms with van der Waals surface area (Å²) in [4.78, 5) is 12.7. The van der Waals surface area contributed by atoms with Gasteiger partial charge in [-0.3, -0.25) is 5.10 Å². The molecule has 0 aliphatic carbocycles. The summed E-state index contributed by atoms with van der Waals surface area (Å²) < 4.78 is 5.33. The Labute approximate surface area is 146 Å². The first-order chi connectivity index (χ1) is 11.7. The lowest BCUT2D eigenvalue weighted by Gasteiger charge is -2.29. The van der Waals surface area contributed by atoms with Crippen molar-refractivity contribution in [3.8, 4) is 0 Å². The van der Waals surface area contributed by atoms with E-state index in [4.69, 9.17) is 16.3 Å². The molecule has 3 rings (SSSR count). The van der Waals surface area contributed by atoms with Gasteiger partial charge in [0.15, 0.2) is 0 Å². The van der Waals surface area contributed by atoms with E-state index in [0.29, 0.717) is 17.2 Å². The minimum absolute atomic E-state index is 0.297. The second-order valence-electron chi connectivity index (χ2n) is 5.64. The molecule has 5 nitrogen and oxygen atoms in total.